The molecule has 2 aromatic carbocycles. The molecule has 1 amide bonds. The first kappa shape index (κ1) is 22.3. The number of nitro groups is 1. The highest BCUT2D eigenvalue weighted by Crippen LogP contribution is 2.31. The van der Waals surface area contributed by atoms with Gasteiger partial charge in [0.2, 0.25) is 0 Å². The topological polar surface area (TPSA) is 97.4 Å². The van der Waals surface area contributed by atoms with Crippen LogP contribution in [0, 0.1) is 17.0 Å². The maximum absolute atomic E-state index is 13.1. The molecular weight excluding hydrogens is 479 g/mol. The summed E-state index contributed by atoms with van der Waals surface area (Å²) in [7, 11) is 0. The van der Waals surface area contributed by atoms with Crippen molar-refractivity contribution in [2.75, 3.05) is 31.1 Å². The van der Waals surface area contributed by atoms with Gasteiger partial charge in [-0.3, -0.25) is 14.9 Å². The predicted molar refractivity (Wildman–Crippen MR) is 122 cm³/mol. The fourth-order valence-electron chi connectivity index (χ4n) is 3.60. The Morgan fingerprint density at radius 2 is 1.69 bits per heavy atom. The number of rotatable bonds is 4. The number of para-hydroxylation sites is 1. The van der Waals surface area contributed by atoms with Crippen molar-refractivity contribution < 1.29 is 9.72 Å². The van der Waals surface area contributed by atoms with Crippen molar-refractivity contribution in [1.82, 2.24) is 19.9 Å². The van der Waals surface area contributed by atoms with Gasteiger partial charge in [-0.25, -0.2) is 4.68 Å². The van der Waals surface area contributed by atoms with E-state index >= 15 is 0 Å². The second kappa shape index (κ2) is 8.93. The second-order valence-electron chi connectivity index (χ2n) is 7.18. The molecule has 9 nitrogen and oxygen atoms in total. The number of nitrogens with zero attached hydrogens (tertiary/aromatic N) is 6. The first-order chi connectivity index (χ1) is 15.3. The van der Waals surface area contributed by atoms with Crippen LogP contribution in [0.1, 0.15) is 16.2 Å². The predicted octanol–water partition coefficient (Wildman–Crippen LogP) is 4.41. The molecule has 0 radical (unpaired) electrons. The lowest BCUT2D eigenvalue weighted by Gasteiger charge is -2.36. The SMILES string of the molecule is Cc1c(C(=O)N2CCN(c3ccc([N+](=O)[O-])cc3Cl)CC2)nnn1-c1c(Cl)cccc1Cl. The third kappa shape index (κ3) is 4.11. The second-order valence-corrected chi connectivity index (χ2v) is 8.40. The number of aromatic nitrogens is 3. The molecule has 1 aromatic heterocycles. The van der Waals surface area contributed by atoms with Crippen LogP contribution in [0.15, 0.2) is 36.4 Å². The zero-order valence-electron chi connectivity index (χ0n) is 16.8. The minimum Gasteiger partial charge on any atom is -0.367 e. The van der Waals surface area contributed by atoms with Gasteiger partial charge in [0, 0.05) is 38.3 Å². The molecule has 32 heavy (non-hydrogen) atoms. The molecule has 0 aliphatic carbocycles. The summed E-state index contributed by atoms with van der Waals surface area (Å²) in [4.78, 5) is 27.2. The zero-order valence-corrected chi connectivity index (χ0v) is 19.1. The quantitative estimate of drug-likeness (QED) is 0.393. The van der Waals surface area contributed by atoms with Crippen molar-refractivity contribution in [3.8, 4) is 5.69 Å². The number of piperazine rings is 1. The van der Waals surface area contributed by atoms with E-state index in [-0.39, 0.29) is 17.3 Å². The molecule has 1 fully saturated rings. The van der Waals surface area contributed by atoms with Gasteiger partial charge in [-0.05, 0) is 25.1 Å². The fourth-order valence-corrected chi connectivity index (χ4v) is 4.45. The molecule has 1 aliphatic rings. The summed E-state index contributed by atoms with van der Waals surface area (Å²) in [5.41, 5.74) is 1.86. The molecule has 0 unspecified atom stereocenters. The number of non-ortho nitro benzene ring substituents is 1. The van der Waals surface area contributed by atoms with Crippen LogP contribution in [0.5, 0.6) is 0 Å². The van der Waals surface area contributed by atoms with Crippen LogP contribution in [0.2, 0.25) is 15.1 Å². The van der Waals surface area contributed by atoms with Gasteiger partial charge in [0.05, 0.1) is 31.4 Å². The Hall–Kier alpha value is -2.88. The maximum Gasteiger partial charge on any atom is 0.276 e. The van der Waals surface area contributed by atoms with E-state index in [0.717, 1.165) is 0 Å². The van der Waals surface area contributed by atoms with Gasteiger partial charge in [0.15, 0.2) is 5.69 Å². The molecule has 0 N–H and O–H groups in total. The van der Waals surface area contributed by atoms with E-state index in [1.807, 2.05) is 4.90 Å². The van der Waals surface area contributed by atoms with Crippen LogP contribution in [0.4, 0.5) is 11.4 Å². The lowest BCUT2D eigenvalue weighted by atomic mass is 10.2. The minimum atomic E-state index is -0.489. The van der Waals surface area contributed by atoms with Crippen molar-refractivity contribution in [2.24, 2.45) is 0 Å². The van der Waals surface area contributed by atoms with E-state index in [0.29, 0.717) is 58.3 Å². The third-order valence-electron chi connectivity index (χ3n) is 5.30. The monoisotopic (exact) mass is 494 g/mol. The summed E-state index contributed by atoms with van der Waals surface area (Å²) in [5, 5.41) is 20.2. The van der Waals surface area contributed by atoms with Crippen LogP contribution >= 0.6 is 34.8 Å². The highest BCUT2D eigenvalue weighted by molar-refractivity contribution is 6.37. The molecular formula is C20H17Cl3N6O3. The number of hydrogen-bond acceptors (Lipinski definition) is 6. The van der Waals surface area contributed by atoms with Gasteiger partial charge in [-0.2, -0.15) is 0 Å². The molecule has 12 heteroatoms. The van der Waals surface area contributed by atoms with E-state index in [4.69, 9.17) is 34.8 Å². The van der Waals surface area contributed by atoms with Crippen molar-refractivity contribution in [1.29, 1.82) is 0 Å². The molecule has 166 valence electrons. The number of carbonyl (C=O) groups is 1. The number of amides is 1. The molecule has 1 saturated heterocycles. The van der Waals surface area contributed by atoms with E-state index in [9.17, 15) is 14.9 Å². The Labute approximate surface area is 198 Å². The summed E-state index contributed by atoms with van der Waals surface area (Å²) in [6.07, 6.45) is 0. The lowest BCUT2D eigenvalue weighted by molar-refractivity contribution is -0.384. The smallest absolute Gasteiger partial charge is 0.276 e. The van der Waals surface area contributed by atoms with Crippen LogP contribution in [-0.4, -0.2) is 56.9 Å². The Morgan fingerprint density at radius 3 is 2.28 bits per heavy atom. The molecule has 1 aliphatic heterocycles. The summed E-state index contributed by atoms with van der Waals surface area (Å²) in [6, 6.07) is 9.47. The van der Waals surface area contributed by atoms with Crippen molar-refractivity contribution in [3.05, 3.63) is 73.0 Å². The summed E-state index contributed by atoms with van der Waals surface area (Å²) in [6.45, 7) is 3.65. The molecule has 0 bridgehead atoms. The first-order valence-corrected chi connectivity index (χ1v) is 10.8. The zero-order chi connectivity index (χ0) is 23.0. The number of halogens is 3. The van der Waals surface area contributed by atoms with Crippen molar-refractivity contribution in [2.45, 2.75) is 6.92 Å². The Morgan fingerprint density at radius 1 is 1.03 bits per heavy atom. The van der Waals surface area contributed by atoms with E-state index in [2.05, 4.69) is 10.3 Å². The summed E-state index contributed by atoms with van der Waals surface area (Å²) >= 11 is 18.8. The van der Waals surface area contributed by atoms with Gasteiger partial charge >= 0.3 is 0 Å². The molecule has 0 saturated carbocycles. The Bertz CT molecular complexity index is 1190. The number of benzene rings is 2. The van der Waals surface area contributed by atoms with E-state index in [1.165, 1.54) is 16.8 Å². The van der Waals surface area contributed by atoms with Crippen LogP contribution in [0.3, 0.4) is 0 Å². The summed E-state index contributed by atoms with van der Waals surface area (Å²) < 4.78 is 1.46. The highest BCUT2D eigenvalue weighted by atomic mass is 35.5. The molecule has 0 atom stereocenters. The van der Waals surface area contributed by atoms with Crippen LogP contribution < -0.4 is 4.90 Å². The van der Waals surface area contributed by atoms with E-state index in [1.54, 1.807) is 36.1 Å². The first-order valence-electron chi connectivity index (χ1n) is 9.62. The number of carbonyl (C=O) groups excluding carboxylic acids is 1. The van der Waals surface area contributed by atoms with Gasteiger partial charge in [-0.15, -0.1) is 5.10 Å². The standard InChI is InChI=1S/C20H17Cl3N6O3/c1-12-18(24-25-28(12)19-14(21)3-2-4-15(19)22)20(30)27-9-7-26(8-10-27)17-6-5-13(29(31)32)11-16(17)23/h2-6,11H,7-10H2,1H3. The van der Waals surface area contributed by atoms with Crippen LogP contribution in [0.25, 0.3) is 5.69 Å². The Kier molecular flexibility index (Phi) is 6.23. The van der Waals surface area contributed by atoms with Gasteiger partial charge in [-0.1, -0.05) is 46.1 Å². The van der Waals surface area contributed by atoms with E-state index < -0.39 is 4.92 Å². The number of anilines is 1. The summed E-state index contributed by atoms with van der Waals surface area (Å²) in [5.74, 6) is -0.244. The number of nitro benzene ring substituents is 1. The number of hydrogen-bond donors (Lipinski definition) is 0. The van der Waals surface area contributed by atoms with Gasteiger partial charge < -0.3 is 9.80 Å². The highest BCUT2D eigenvalue weighted by Gasteiger charge is 2.28. The molecule has 2 heterocycles. The van der Waals surface area contributed by atoms with Crippen molar-refractivity contribution in [3.63, 3.8) is 0 Å². The minimum absolute atomic E-state index is 0.0650. The molecule has 3 aromatic rings. The third-order valence-corrected chi connectivity index (χ3v) is 6.21. The average Bonchev–Trinajstić information content (AvgIpc) is 3.14. The molecule has 0 spiro atoms. The van der Waals surface area contributed by atoms with Crippen LogP contribution in [-0.2, 0) is 0 Å². The lowest BCUT2D eigenvalue weighted by Crippen LogP contribution is -2.49. The molecule has 4 rings (SSSR count). The maximum atomic E-state index is 13.1. The normalized spacial score (nSPS) is 14.0. The van der Waals surface area contributed by atoms with Gasteiger partial charge in [0.25, 0.3) is 11.6 Å². The Balaban J connectivity index is 1.49. The largest absolute Gasteiger partial charge is 0.367 e. The average molecular weight is 496 g/mol. The van der Waals surface area contributed by atoms with Gasteiger partial charge in [0.1, 0.15) is 5.69 Å². The van der Waals surface area contributed by atoms with Crippen molar-refractivity contribution >= 4 is 52.1 Å². The fraction of sp³-hybridized carbons (Fsp3) is 0.250.